The fourth-order valence-electron chi connectivity index (χ4n) is 4.01. The van der Waals surface area contributed by atoms with Gasteiger partial charge < -0.3 is 14.2 Å². The van der Waals surface area contributed by atoms with Gasteiger partial charge in [0.15, 0.2) is 6.10 Å². The summed E-state index contributed by atoms with van der Waals surface area (Å²) >= 11 is 0. The Morgan fingerprint density at radius 3 is 1.90 bits per heavy atom. The molecular weight excluding hydrogens is 550 g/mol. The van der Waals surface area contributed by atoms with Gasteiger partial charge in [-0.1, -0.05) is 36.4 Å². The third-order valence-corrected chi connectivity index (χ3v) is 6.16. The van der Waals surface area contributed by atoms with Crippen molar-refractivity contribution >= 4 is 11.5 Å². The summed E-state index contributed by atoms with van der Waals surface area (Å²) in [5, 5.41) is 0. The molecule has 4 nitrogen and oxygen atoms in total. The minimum atomic E-state index is -4.91. The first-order valence-corrected chi connectivity index (χ1v) is 12.9. The number of ether oxygens (including phenoxy) is 3. The summed E-state index contributed by atoms with van der Waals surface area (Å²) in [7, 11) is 0. The first kappa shape index (κ1) is 31.7. The lowest BCUT2D eigenvalue weighted by atomic mass is 9.97. The zero-order chi connectivity index (χ0) is 30.2. The highest BCUT2D eigenvalue weighted by Crippen LogP contribution is 2.38. The van der Waals surface area contributed by atoms with Crippen LogP contribution in [-0.4, -0.2) is 31.9 Å². The minimum absolute atomic E-state index is 0.111. The maximum absolute atomic E-state index is 13.2. The first-order chi connectivity index (χ1) is 19.3. The Labute approximate surface area is 234 Å². The van der Waals surface area contributed by atoms with Gasteiger partial charge in [-0.25, -0.2) is 4.79 Å². The zero-order valence-electron chi connectivity index (χ0n) is 22.7. The van der Waals surface area contributed by atoms with Crippen LogP contribution in [0.1, 0.15) is 43.0 Å². The van der Waals surface area contributed by atoms with Crippen LogP contribution in [0.15, 0.2) is 72.8 Å². The Bertz CT molecular complexity index is 1290. The molecule has 10 heteroatoms. The molecule has 220 valence electrons. The molecule has 0 aliphatic rings. The Balaban J connectivity index is 1.65. The number of hydrogen-bond donors (Lipinski definition) is 0. The fraction of sp³-hybridized carbons (Fsp3) is 0.323. The number of carbonyl (C=O) groups excluding carboxylic acids is 1. The van der Waals surface area contributed by atoms with E-state index >= 15 is 0 Å². The predicted molar refractivity (Wildman–Crippen MR) is 143 cm³/mol. The van der Waals surface area contributed by atoms with Gasteiger partial charge in [0.25, 0.3) is 0 Å². The number of alkyl halides is 6. The van der Waals surface area contributed by atoms with Crippen molar-refractivity contribution in [1.82, 2.24) is 0 Å². The molecule has 0 aromatic heterocycles. The summed E-state index contributed by atoms with van der Waals surface area (Å²) in [6.45, 7) is 6.22. The van der Waals surface area contributed by atoms with E-state index in [-0.39, 0.29) is 30.4 Å². The van der Waals surface area contributed by atoms with E-state index in [9.17, 15) is 31.1 Å². The number of allylic oxidation sites excluding steroid dienone is 1. The van der Waals surface area contributed by atoms with Crippen LogP contribution in [-0.2, 0) is 33.0 Å². The van der Waals surface area contributed by atoms with Crippen molar-refractivity contribution in [3.05, 3.63) is 95.1 Å². The molecule has 0 radical (unpaired) electrons. The van der Waals surface area contributed by atoms with Gasteiger partial charge in [0.1, 0.15) is 12.4 Å². The van der Waals surface area contributed by atoms with Crippen molar-refractivity contribution in [3.63, 3.8) is 0 Å². The lowest BCUT2D eigenvalue weighted by Gasteiger charge is -2.15. The molecule has 1 atom stereocenters. The number of rotatable bonds is 11. The number of carbonyl (C=O) groups is 1. The summed E-state index contributed by atoms with van der Waals surface area (Å²) < 4.78 is 95.5. The van der Waals surface area contributed by atoms with E-state index in [2.05, 4.69) is 0 Å². The van der Waals surface area contributed by atoms with E-state index in [1.807, 2.05) is 19.1 Å². The monoisotopic (exact) mass is 580 g/mol. The van der Waals surface area contributed by atoms with Crippen molar-refractivity contribution in [2.75, 3.05) is 19.8 Å². The van der Waals surface area contributed by atoms with Gasteiger partial charge in [0.05, 0.1) is 17.7 Å². The fourth-order valence-corrected chi connectivity index (χ4v) is 4.01. The van der Waals surface area contributed by atoms with Crippen LogP contribution < -0.4 is 4.74 Å². The van der Waals surface area contributed by atoms with Gasteiger partial charge in [0, 0.05) is 13.0 Å². The van der Waals surface area contributed by atoms with Gasteiger partial charge in [0.2, 0.25) is 0 Å². The standard InChI is InChI=1S/C31H30F6O4/c1-4-39-28(29(38)40-5-2)16-21-6-12-27(13-7-21)41-15-14-20(3)22-8-10-23(11-9-22)24-17-25(30(32,33)34)19-26(18-24)31(35,36)37/h6-14,17-19,28H,4-5,15-16H2,1-3H3/b20-14+/t28-/m0/s1. The average Bonchev–Trinajstić information content (AvgIpc) is 2.92. The topological polar surface area (TPSA) is 44.8 Å². The van der Waals surface area contributed by atoms with Crippen molar-refractivity contribution < 1.29 is 45.3 Å². The summed E-state index contributed by atoms with van der Waals surface area (Å²) in [4.78, 5) is 12.1. The molecule has 0 heterocycles. The molecule has 41 heavy (non-hydrogen) atoms. The van der Waals surface area contributed by atoms with Crippen LogP contribution in [0.25, 0.3) is 16.7 Å². The van der Waals surface area contributed by atoms with E-state index in [0.717, 1.165) is 16.7 Å². The lowest BCUT2D eigenvalue weighted by molar-refractivity contribution is -0.156. The van der Waals surface area contributed by atoms with Crippen LogP contribution in [0.2, 0.25) is 0 Å². The van der Waals surface area contributed by atoms with Crippen LogP contribution in [0.4, 0.5) is 26.3 Å². The summed E-state index contributed by atoms with van der Waals surface area (Å²) in [5.41, 5.74) is -0.259. The van der Waals surface area contributed by atoms with Crippen LogP contribution in [0.3, 0.4) is 0 Å². The maximum Gasteiger partial charge on any atom is 0.416 e. The Morgan fingerprint density at radius 2 is 1.39 bits per heavy atom. The highest BCUT2D eigenvalue weighted by Gasteiger charge is 2.37. The third kappa shape index (κ3) is 9.11. The second-order valence-electron chi connectivity index (χ2n) is 9.11. The first-order valence-electron chi connectivity index (χ1n) is 12.9. The van der Waals surface area contributed by atoms with Crippen molar-refractivity contribution in [1.29, 1.82) is 0 Å². The zero-order valence-corrected chi connectivity index (χ0v) is 22.7. The largest absolute Gasteiger partial charge is 0.490 e. The van der Waals surface area contributed by atoms with Crippen molar-refractivity contribution in [3.8, 4) is 16.9 Å². The Kier molecular flexibility index (Phi) is 10.6. The van der Waals surface area contributed by atoms with Crippen LogP contribution in [0, 0.1) is 0 Å². The second-order valence-corrected chi connectivity index (χ2v) is 9.11. The summed E-state index contributed by atoms with van der Waals surface area (Å²) in [6, 6.07) is 14.9. The molecule has 0 aliphatic carbocycles. The Morgan fingerprint density at radius 1 is 0.805 bits per heavy atom. The van der Waals surface area contributed by atoms with E-state index in [4.69, 9.17) is 14.2 Å². The molecule has 0 saturated carbocycles. The molecular formula is C31H30F6O4. The molecule has 0 unspecified atom stereocenters. The molecule has 0 amide bonds. The molecule has 0 saturated heterocycles. The number of benzene rings is 3. The highest BCUT2D eigenvalue weighted by atomic mass is 19.4. The Hall–Kier alpha value is -3.79. The van der Waals surface area contributed by atoms with Crippen molar-refractivity contribution in [2.45, 2.75) is 45.6 Å². The lowest BCUT2D eigenvalue weighted by Crippen LogP contribution is -2.28. The number of esters is 1. The van der Waals surface area contributed by atoms with E-state index in [0.29, 0.717) is 30.9 Å². The van der Waals surface area contributed by atoms with Gasteiger partial charge in [-0.2, -0.15) is 26.3 Å². The number of hydrogen-bond acceptors (Lipinski definition) is 4. The van der Waals surface area contributed by atoms with E-state index in [1.54, 1.807) is 44.2 Å². The molecule has 0 N–H and O–H groups in total. The SMILES string of the molecule is CCOC(=O)[C@H](Cc1ccc(OC/C=C(\C)c2ccc(-c3cc(C(F)(F)F)cc(C(F)(F)F)c3)cc2)cc1)OCC. The number of halogens is 6. The molecule has 0 fully saturated rings. The summed E-state index contributed by atoms with van der Waals surface area (Å²) in [6.07, 6.45) is -8.35. The van der Waals surface area contributed by atoms with E-state index in [1.165, 1.54) is 12.1 Å². The molecule has 0 bridgehead atoms. The van der Waals surface area contributed by atoms with Crippen LogP contribution >= 0.6 is 0 Å². The molecule has 0 spiro atoms. The normalized spacial score (nSPS) is 13.1. The quantitative estimate of drug-likeness (QED) is 0.169. The van der Waals surface area contributed by atoms with Crippen molar-refractivity contribution in [2.24, 2.45) is 0 Å². The molecule has 3 aromatic carbocycles. The smallest absolute Gasteiger partial charge is 0.416 e. The molecule has 3 aromatic rings. The molecule has 3 rings (SSSR count). The summed E-state index contributed by atoms with van der Waals surface area (Å²) in [5.74, 6) is 0.187. The minimum Gasteiger partial charge on any atom is -0.490 e. The van der Waals surface area contributed by atoms with Crippen LogP contribution in [0.5, 0.6) is 5.75 Å². The highest BCUT2D eigenvalue weighted by molar-refractivity contribution is 5.75. The molecule has 0 aliphatic heterocycles. The van der Waals surface area contributed by atoms with Gasteiger partial charge >= 0.3 is 18.3 Å². The van der Waals surface area contributed by atoms with Gasteiger partial charge in [-0.3, -0.25) is 0 Å². The third-order valence-electron chi connectivity index (χ3n) is 6.16. The van der Waals surface area contributed by atoms with Gasteiger partial charge in [-0.05, 0) is 85.0 Å². The van der Waals surface area contributed by atoms with E-state index < -0.39 is 35.6 Å². The second kappa shape index (κ2) is 13.7. The predicted octanol–water partition coefficient (Wildman–Crippen LogP) is 8.38. The average molecular weight is 581 g/mol. The maximum atomic E-state index is 13.2. The van der Waals surface area contributed by atoms with Gasteiger partial charge in [-0.15, -0.1) is 0 Å².